The van der Waals surface area contributed by atoms with E-state index in [0.29, 0.717) is 0 Å². The molecule has 0 saturated carbocycles. The lowest BCUT2D eigenvalue weighted by Gasteiger charge is -2.20. The first kappa shape index (κ1) is 9.59. The quantitative estimate of drug-likeness (QED) is 0.734. The van der Waals surface area contributed by atoms with E-state index in [1.165, 1.54) is 24.1 Å². The maximum absolute atomic E-state index is 5.92. The Kier molecular flexibility index (Phi) is 2.50. The lowest BCUT2D eigenvalue weighted by Crippen LogP contribution is -2.17. The van der Waals surface area contributed by atoms with Gasteiger partial charge in [0, 0.05) is 11.7 Å². The van der Waals surface area contributed by atoms with E-state index in [1.54, 1.807) is 0 Å². The summed E-state index contributed by atoms with van der Waals surface area (Å²) in [6.45, 7) is 3.94. The van der Waals surface area contributed by atoms with Crippen molar-refractivity contribution in [3.05, 3.63) is 22.8 Å². The van der Waals surface area contributed by atoms with E-state index < -0.39 is 0 Å². The largest absolute Gasteiger partial charge is 0.323 e. The van der Waals surface area contributed by atoms with Gasteiger partial charge in [-0.3, -0.25) is 0 Å². The van der Waals surface area contributed by atoms with Gasteiger partial charge in [-0.15, -0.1) is 0 Å². The molecular weight excluding hydrogens is 174 g/mol. The molecule has 3 nitrogen and oxygen atoms in total. The van der Waals surface area contributed by atoms with Gasteiger partial charge in [-0.05, 0) is 45.1 Å². The van der Waals surface area contributed by atoms with Crippen molar-refractivity contribution < 1.29 is 0 Å². The van der Waals surface area contributed by atoms with Crippen molar-refractivity contribution in [2.75, 3.05) is 0 Å². The number of aromatic nitrogens is 2. The minimum Gasteiger partial charge on any atom is -0.323 e. The molecule has 2 rings (SSSR count). The van der Waals surface area contributed by atoms with Gasteiger partial charge < -0.3 is 5.73 Å². The normalized spacial score (nSPS) is 17.6. The molecule has 1 aromatic heterocycles. The predicted molar refractivity (Wildman–Crippen MR) is 56.0 cm³/mol. The molecule has 76 valence electrons. The van der Waals surface area contributed by atoms with Gasteiger partial charge in [-0.1, -0.05) is 0 Å². The fourth-order valence-electron chi connectivity index (χ4n) is 2.13. The number of rotatable bonds is 1. The van der Waals surface area contributed by atoms with E-state index in [0.717, 1.165) is 24.4 Å². The molecular formula is C11H17N3. The van der Waals surface area contributed by atoms with Crippen LogP contribution in [0.5, 0.6) is 0 Å². The van der Waals surface area contributed by atoms with Gasteiger partial charge in [0.25, 0.3) is 0 Å². The van der Waals surface area contributed by atoms with E-state index >= 15 is 0 Å². The highest BCUT2D eigenvalue weighted by Crippen LogP contribution is 2.24. The molecule has 1 atom stereocenters. The number of nitrogens with two attached hydrogens (primary N) is 1. The van der Waals surface area contributed by atoms with Crippen molar-refractivity contribution in [1.29, 1.82) is 0 Å². The van der Waals surface area contributed by atoms with Crippen LogP contribution in [0.3, 0.4) is 0 Å². The number of fused-ring (bicyclic) bond motifs is 1. The number of hydrogen-bond acceptors (Lipinski definition) is 3. The molecule has 0 fully saturated rings. The van der Waals surface area contributed by atoms with Crippen molar-refractivity contribution in [1.82, 2.24) is 9.97 Å². The molecule has 0 amide bonds. The molecule has 0 spiro atoms. The average molecular weight is 191 g/mol. The minimum atomic E-state index is 0.0311. The molecule has 0 aliphatic heterocycles. The minimum absolute atomic E-state index is 0.0311. The second-order valence-electron chi connectivity index (χ2n) is 4.08. The zero-order valence-electron chi connectivity index (χ0n) is 8.88. The highest BCUT2D eigenvalue weighted by Gasteiger charge is 2.18. The topological polar surface area (TPSA) is 51.8 Å². The fraction of sp³-hybridized carbons (Fsp3) is 0.636. The number of hydrogen-bond donors (Lipinski definition) is 1. The van der Waals surface area contributed by atoms with Crippen LogP contribution in [0.25, 0.3) is 0 Å². The Morgan fingerprint density at radius 3 is 2.64 bits per heavy atom. The van der Waals surface area contributed by atoms with E-state index in [2.05, 4.69) is 9.97 Å². The van der Waals surface area contributed by atoms with Crippen LogP contribution in [0.2, 0.25) is 0 Å². The van der Waals surface area contributed by atoms with Crippen LogP contribution < -0.4 is 5.73 Å². The van der Waals surface area contributed by atoms with Gasteiger partial charge >= 0.3 is 0 Å². The summed E-state index contributed by atoms with van der Waals surface area (Å²) in [4.78, 5) is 8.94. The third kappa shape index (κ3) is 1.64. The number of nitrogens with zero attached hydrogens (tertiary/aromatic N) is 2. The van der Waals surface area contributed by atoms with Crippen LogP contribution >= 0.6 is 0 Å². The highest BCUT2D eigenvalue weighted by molar-refractivity contribution is 5.30. The molecule has 1 aromatic rings. The van der Waals surface area contributed by atoms with Crippen LogP contribution in [-0.4, -0.2) is 9.97 Å². The van der Waals surface area contributed by atoms with Crippen molar-refractivity contribution in [3.8, 4) is 0 Å². The van der Waals surface area contributed by atoms with Crippen LogP contribution in [0.4, 0.5) is 0 Å². The first-order chi connectivity index (χ1) is 6.68. The smallest absolute Gasteiger partial charge is 0.125 e. The Balaban J connectivity index is 2.52. The molecule has 1 aliphatic carbocycles. The van der Waals surface area contributed by atoms with Crippen LogP contribution in [-0.2, 0) is 12.8 Å². The Hall–Kier alpha value is -0.960. The standard InChI is InChI=1S/C11H17N3/c1-7(12)11-9-5-3-4-6-10(9)13-8(2)14-11/h7H,3-6,12H2,1-2H3. The first-order valence-corrected chi connectivity index (χ1v) is 5.30. The van der Waals surface area contributed by atoms with Crippen molar-refractivity contribution in [2.45, 2.75) is 45.6 Å². The molecule has 0 saturated heterocycles. The Bertz CT molecular complexity index is 345. The highest BCUT2D eigenvalue weighted by atomic mass is 14.9. The molecule has 1 unspecified atom stereocenters. The summed E-state index contributed by atoms with van der Waals surface area (Å²) >= 11 is 0. The monoisotopic (exact) mass is 191 g/mol. The van der Waals surface area contributed by atoms with Gasteiger partial charge in [0.1, 0.15) is 5.82 Å². The summed E-state index contributed by atoms with van der Waals surface area (Å²) in [5, 5.41) is 0. The maximum Gasteiger partial charge on any atom is 0.125 e. The van der Waals surface area contributed by atoms with E-state index in [-0.39, 0.29) is 6.04 Å². The van der Waals surface area contributed by atoms with Crippen LogP contribution in [0.1, 0.15) is 48.6 Å². The summed E-state index contributed by atoms with van der Waals surface area (Å²) in [6.07, 6.45) is 4.70. The molecule has 1 heterocycles. The molecule has 0 radical (unpaired) electrons. The molecule has 0 bridgehead atoms. The Labute approximate surface area is 84.8 Å². The molecule has 3 heteroatoms. The summed E-state index contributed by atoms with van der Waals surface area (Å²) in [5.74, 6) is 0.859. The van der Waals surface area contributed by atoms with Gasteiger partial charge in [0.2, 0.25) is 0 Å². The Morgan fingerprint density at radius 1 is 1.21 bits per heavy atom. The van der Waals surface area contributed by atoms with Crippen LogP contribution in [0, 0.1) is 6.92 Å². The molecule has 0 aromatic carbocycles. The van der Waals surface area contributed by atoms with Gasteiger partial charge in [0.05, 0.1) is 5.69 Å². The maximum atomic E-state index is 5.92. The SMILES string of the molecule is Cc1nc2c(c(C(C)N)n1)CCCC2. The predicted octanol–water partition coefficient (Wildman–Crippen LogP) is 1.68. The second-order valence-corrected chi connectivity index (χ2v) is 4.08. The van der Waals surface area contributed by atoms with Crippen LogP contribution in [0.15, 0.2) is 0 Å². The van der Waals surface area contributed by atoms with Gasteiger partial charge in [-0.25, -0.2) is 9.97 Å². The van der Waals surface area contributed by atoms with E-state index in [1.807, 2.05) is 13.8 Å². The average Bonchev–Trinajstić information content (AvgIpc) is 2.16. The zero-order chi connectivity index (χ0) is 10.1. The van der Waals surface area contributed by atoms with E-state index in [9.17, 15) is 0 Å². The van der Waals surface area contributed by atoms with Crippen molar-refractivity contribution in [3.63, 3.8) is 0 Å². The summed E-state index contributed by atoms with van der Waals surface area (Å²) in [7, 11) is 0. The third-order valence-corrected chi connectivity index (χ3v) is 2.76. The molecule has 14 heavy (non-hydrogen) atoms. The molecule has 1 aliphatic rings. The number of aryl methyl sites for hydroxylation is 2. The van der Waals surface area contributed by atoms with Crippen molar-refractivity contribution in [2.24, 2.45) is 5.73 Å². The lowest BCUT2D eigenvalue weighted by atomic mass is 9.93. The van der Waals surface area contributed by atoms with E-state index in [4.69, 9.17) is 5.73 Å². The summed E-state index contributed by atoms with van der Waals surface area (Å²) < 4.78 is 0. The third-order valence-electron chi connectivity index (χ3n) is 2.76. The Morgan fingerprint density at radius 2 is 1.93 bits per heavy atom. The first-order valence-electron chi connectivity index (χ1n) is 5.30. The fourth-order valence-corrected chi connectivity index (χ4v) is 2.13. The van der Waals surface area contributed by atoms with Gasteiger partial charge in [0.15, 0.2) is 0 Å². The summed E-state index contributed by atoms with van der Waals surface area (Å²) in [5.41, 5.74) is 9.53. The summed E-state index contributed by atoms with van der Waals surface area (Å²) in [6, 6.07) is 0.0311. The lowest BCUT2D eigenvalue weighted by molar-refractivity contribution is 0.629. The zero-order valence-corrected chi connectivity index (χ0v) is 8.88. The van der Waals surface area contributed by atoms with Gasteiger partial charge in [-0.2, -0.15) is 0 Å². The second kappa shape index (κ2) is 3.65. The molecule has 2 N–H and O–H groups in total. The van der Waals surface area contributed by atoms with Crippen molar-refractivity contribution >= 4 is 0 Å².